The Kier molecular flexibility index (Phi) is 3.86. The summed E-state index contributed by atoms with van der Waals surface area (Å²) in [7, 11) is -1.34. The second kappa shape index (κ2) is 5.31. The van der Waals surface area contributed by atoms with Gasteiger partial charge in [0.15, 0.2) is 0 Å². The van der Waals surface area contributed by atoms with Gasteiger partial charge in [0.1, 0.15) is 0 Å². The Morgan fingerprint density at radius 3 is 2.63 bits per heavy atom. The third-order valence-electron chi connectivity index (χ3n) is 4.96. The molecule has 19 heavy (non-hydrogen) atoms. The van der Waals surface area contributed by atoms with Crippen molar-refractivity contribution in [2.45, 2.75) is 50.6 Å². The maximum Gasteiger partial charge on any atom is 0.282 e. The molecular formula is C13H25N3O2S. The maximum absolute atomic E-state index is 12.9. The summed E-state index contributed by atoms with van der Waals surface area (Å²) >= 11 is 0. The average molecular weight is 287 g/mol. The highest BCUT2D eigenvalue weighted by atomic mass is 32.2. The van der Waals surface area contributed by atoms with E-state index in [1.807, 2.05) is 7.05 Å². The molecule has 0 spiro atoms. The van der Waals surface area contributed by atoms with Crippen LogP contribution in [-0.2, 0) is 10.2 Å². The van der Waals surface area contributed by atoms with Gasteiger partial charge in [-0.2, -0.15) is 17.0 Å². The minimum Gasteiger partial charge on any atom is -0.318 e. The predicted molar refractivity (Wildman–Crippen MR) is 75.0 cm³/mol. The fourth-order valence-electron chi connectivity index (χ4n) is 4.01. The third kappa shape index (κ3) is 2.44. The number of nitrogens with zero attached hydrogens (tertiary/aromatic N) is 2. The predicted octanol–water partition coefficient (Wildman–Crippen LogP) is 0.789. The normalized spacial score (nSPS) is 37.0. The van der Waals surface area contributed by atoms with Crippen LogP contribution in [0.1, 0.15) is 38.5 Å². The van der Waals surface area contributed by atoms with E-state index in [9.17, 15) is 8.42 Å². The van der Waals surface area contributed by atoms with Gasteiger partial charge in [-0.25, -0.2) is 0 Å². The van der Waals surface area contributed by atoms with Crippen LogP contribution in [0.25, 0.3) is 0 Å². The monoisotopic (exact) mass is 287 g/mol. The Morgan fingerprint density at radius 1 is 1.16 bits per heavy atom. The Labute approximate surface area is 116 Å². The molecule has 3 rings (SSSR count). The van der Waals surface area contributed by atoms with Crippen LogP contribution in [0, 0.1) is 5.92 Å². The van der Waals surface area contributed by atoms with Gasteiger partial charge in [0.05, 0.1) is 0 Å². The molecule has 3 atom stereocenters. The molecule has 2 aliphatic heterocycles. The van der Waals surface area contributed by atoms with Gasteiger partial charge in [0.25, 0.3) is 10.2 Å². The molecule has 1 N–H and O–H groups in total. The van der Waals surface area contributed by atoms with Gasteiger partial charge >= 0.3 is 0 Å². The van der Waals surface area contributed by atoms with E-state index in [4.69, 9.17) is 0 Å². The molecule has 0 aromatic rings. The first-order valence-electron chi connectivity index (χ1n) is 7.56. The lowest BCUT2D eigenvalue weighted by Crippen LogP contribution is -2.54. The summed E-state index contributed by atoms with van der Waals surface area (Å²) in [4.78, 5) is 0. The summed E-state index contributed by atoms with van der Waals surface area (Å²) in [6, 6.07) is 0.426. The Morgan fingerprint density at radius 2 is 2.00 bits per heavy atom. The van der Waals surface area contributed by atoms with E-state index in [1.54, 1.807) is 8.61 Å². The van der Waals surface area contributed by atoms with E-state index in [1.165, 1.54) is 6.42 Å². The second-order valence-electron chi connectivity index (χ2n) is 6.23. The Hall–Kier alpha value is -0.170. The van der Waals surface area contributed by atoms with Crippen molar-refractivity contribution in [3.63, 3.8) is 0 Å². The van der Waals surface area contributed by atoms with Crippen molar-refractivity contribution in [1.29, 1.82) is 0 Å². The molecule has 1 aliphatic carbocycles. The molecule has 0 radical (unpaired) electrons. The SMILES string of the molecule is CNCC1CCCCN1S(=O)(=O)N1CC2CCC1C2. The average Bonchev–Trinajstić information content (AvgIpc) is 3.02. The molecule has 2 heterocycles. The standard InChI is InChI=1S/C13H25N3O2S/c1-14-9-13-4-2-3-7-15(13)19(17,18)16-10-11-5-6-12(16)8-11/h11-14H,2-10H2,1H3. The lowest BCUT2D eigenvalue weighted by molar-refractivity contribution is 0.218. The van der Waals surface area contributed by atoms with Crippen LogP contribution in [0.15, 0.2) is 0 Å². The number of hydrogen-bond acceptors (Lipinski definition) is 3. The van der Waals surface area contributed by atoms with Crippen LogP contribution >= 0.6 is 0 Å². The molecule has 5 nitrogen and oxygen atoms in total. The number of piperidine rings is 2. The molecule has 2 saturated heterocycles. The molecule has 3 fully saturated rings. The number of rotatable bonds is 4. The Balaban J connectivity index is 1.78. The zero-order valence-electron chi connectivity index (χ0n) is 11.7. The lowest BCUT2D eigenvalue weighted by Gasteiger charge is -2.39. The van der Waals surface area contributed by atoms with Gasteiger partial charge in [-0.3, -0.25) is 0 Å². The summed E-state index contributed by atoms with van der Waals surface area (Å²) in [5.74, 6) is 0.618. The largest absolute Gasteiger partial charge is 0.318 e. The fraction of sp³-hybridized carbons (Fsp3) is 1.00. The number of fused-ring (bicyclic) bond motifs is 2. The molecule has 0 amide bonds. The summed E-state index contributed by atoms with van der Waals surface area (Å²) in [5.41, 5.74) is 0. The summed E-state index contributed by atoms with van der Waals surface area (Å²) < 4.78 is 29.3. The van der Waals surface area contributed by atoms with Crippen LogP contribution in [0.5, 0.6) is 0 Å². The summed E-state index contributed by atoms with van der Waals surface area (Å²) in [6.07, 6.45) is 6.50. The van der Waals surface area contributed by atoms with Gasteiger partial charge in [-0.05, 0) is 45.1 Å². The molecule has 3 aliphatic rings. The van der Waals surface area contributed by atoms with Gasteiger partial charge < -0.3 is 5.32 Å². The van der Waals surface area contributed by atoms with Crippen LogP contribution in [0.2, 0.25) is 0 Å². The van der Waals surface area contributed by atoms with Crippen molar-refractivity contribution in [3.8, 4) is 0 Å². The van der Waals surface area contributed by atoms with Gasteiger partial charge in [-0.15, -0.1) is 0 Å². The van der Waals surface area contributed by atoms with E-state index >= 15 is 0 Å². The van der Waals surface area contributed by atoms with E-state index in [-0.39, 0.29) is 12.1 Å². The lowest BCUT2D eigenvalue weighted by atomic mass is 10.1. The minimum atomic E-state index is -3.24. The molecule has 1 saturated carbocycles. The first-order valence-corrected chi connectivity index (χ1v) is 8.96. The van der Waals surface area contributed by atoms with Crippen LogP contribution in [0.3, 0.4) is 0 Å². The maximum atomic E-state index is 12.9. The zero-order chi connectivity index (χ0) is 13.5. The summed E-state index contributed by atoms with van der Waals surface area (Å²) in [6.45, 7) is 2.22. The smallest absolute Gasteiger partial charge is 0.282 e. The van der Waals surface area contributed by atoms with Gasteiger partial charge in [0.2, 0.25) is 0 Å². The molecule has 2 bridgehead atoms. The van der Waals surface area contributed by atoms with Crippen LogP contribution in [-0.4, -0.2) is 55.8 Å². The highest BCUT2D eigenvalue weighted by molar-refractivity contribution is 7.86. The van der Waals surface area contributed by atoms with E-state index in [2.05, 4.69) is 5.32 Å². The van der Waals surface area contributed by atoms with Gasteiger partial charge in [0, 0.05) is 31.7 Å². The second-order valence-corrected chi connectivity index (χ2v) is 8.06. The fourth-order valence-corrected chi connectivity index (χ4v) is 6.17. The number of hydrogen-bond donors (Lipinski definition) is 1. The van der Waals surface area contributed by atoms with Crippen LogP contribution < -0.4 is 5.32 Å². The highest BCUT2D eigenvalue weighted by Gasteiger charge is 2.47. The van der Waals surface area contributed by atoms with E-state index in [0.717, 1.165) is 45.2 Å². The molecule has 3 unspecified atom stereocenters. The number of nitrogens with one attached hydrogen (secondary N) is 1. The molecule has 0 aromatic carbocycles. The molecule has 110 valence electrons. The van der Waals surface area contributed by atoms with Crippen molar-refractivity contribution in [2.75, 3.05) is 26.7 Å². The molecular weight excluding hydrogens is 262 g/mol. The first-order chi connectivity index (χ1) is 9.13. The third-order valence-corrected chi connectivity index (χ3v) is 7.08. The highest BCUT2D eigenvalue weighted by Crippen LogP contribution is 2.40. The van der Waals surface area contributed by atoms with Crippen molar-refractivity contribution in [3.05, 3.63) is 0 Å². The van der Waals surface area contributed by atoms with Crippen molar-refractivity contribution < 1.29 is 8.42 Å². The van der Waals surface area contributed by atoms with Gasteiger partial charge in [-0.1, -0.05) is 6.42 Å². The van der Waals surface area contributed by atoms with Crippen molar-refractivity contribution in [1.82, 2.24) is 13.9 Å². The number of likely N-dealkylation sites (N-methyl/N-ethyl adjacent to an activating group) is 1. The van der Waals surface area contributed by atoms with E-state index in [0.29, 0.717) is 12.5 Å². The van der Waals surface area contributed by atoms with Crippen molar-refractivity contribution in [2.24, 2.45) is 5.92 Å². The Bertz CT molecular complexity index is 424. The van der Waals surface area contributed by atoms with E-state index < -0.39 is 10.2 Å². The molecule has 6 heteroatoms. The topological polar surface area (TPSA) is 52.7 Å². The minimum absolute atomic E-state index is 0.142. The van der Waals surface area contributed by atoms with Crippen molar-refractivity contribution >= 4 is 10.2 Å². The quantitative estimate of drug-likeness (QED) is 0.832. The first kappa shape index (κ1) is 13.8. The van der Waals surface area contributed by atoms with Crippen LogP contribution in [0.4, 0.5) is 0 Å². The summed E-state index contributed by atoms with van der Waals surface area (Å²) in [5, 5.41) is 3.14. The molecule has 0 aromatic heterocycles. The zero-order valence-corrected chi connectivity index (χ0v) is 12.5.